The summed E-state index contributed by atoms with van der Waals surface area (Å²) in [5, 5.41) is 8.13. The van der Waals surface area contributed by atoms with Crippen LogP contribution in [-0.4, -0.2) is 61.0 Å². The van der Waals surface area contributed by atoms with Crippen LogP contribution in [0.4, 0.5) is 0 Å². The van der Waals surface area contributed by atoms with Crippen LogP contribution in [0.1, 0.15) is 29.8 Å². The van der Waals surface area contributed by atoms with Crippen LogP contribution in [0.2, 0.25) is 0 Å². The molecule has 0 saturated carbocycles. The van der Waals surface area contributed by atoms with Crippen molar-refractivity contribution in [3.05, 3.63) is 46.2 Å². The molecule has 0 saturated heterocycles. The van der Waals surface area contributed by atoms with Gasteiger partial charge in [0.05, 0.1) is 23.2 Å². The number of ether oxygens (including phenoxy) is 3. The fraction of sp³-hybridized carbons (Fsp3) is 0.381. The Labute approximate surface area is 178 Å². The Hall–Kier alpha value is -2.91. The smallest absolute Gasteiger partial charge is 0.262 e. The fourth-order valence-corrected chi connectivity index (χ4v) is 4.22. The molecule has 4 rings (SSSR count). The number of amides is 2. The van der Waals surface area contributed by atoms with Crippen LogP contribution in [0.3, 0.4) is 0 Å². The summed E-state index contributed by atoms with van der Waals surface area (Å²) in [5.74, 6) is 0.934. The largest absolute Gasteiger partial charge is 0.454 e. The molecule has 0 fully saturated rings. The van der Waals surface area contributed by atoms with Crippen LogP contribution in [0.5, 0.6) is 11.5 Å². The van der Waals surface area contributed by atoms with E-state index in [0.29, 0.717) is 31.1 Å². The van der Waals surface area contributed by atoms with Crippen LogP contribution >= 0.6 is 11.3 Å². The van der Waals surface area contributed by atoms with E-state index in [9.17, 15) is 9.59 Å². The molecule has 30 heavy (non-hydrogen) atoms. The average molecular weight is 429 g/mol. The molecule has 2 aliphatic heterocycles. The van der Waals surface area contributed by atoms with Gasteiger partial charge < -0.3 is 19.1 Å². The number of fused-ring (bicyclic) bond motifs is 1. The predicted octanol–water partition coefficient (Wildman–Crippen LogP) is 2.65. The summed E-state index contributed by atoms with van der Waals surface area (Å²) < 4.78 is 16.0. The van der Waals surface area contributed by atoms with Crippen LogP contribution in [0.15, 0.2) is 40.8 Å². The van der Waals surface area contributed by atoms with Gasteiger partial charge >= 0.3 is 0 Å². The van der Waals surface area contributed by atoms with Crippen molar-refractivity contribution in [1.29, 1.82) is 0 Å². The number of benzene rings is 1. The Morgan fingerprint density at radius 2 is 2.13 bits per heavy atom. The van der Waals surface area contributed by atoms with E-state index in [0.717, 1.165) is 16.2 Å². The summed E-state index contributed by atoms with van der Waals surface area (Å²) in [4.78, 5) is 27.7. The minimum Gasteiger partial charge on any atom is -0.454 e. The molecule has 0 radical (unpaired) electrons. The van der Waals surface area contributed by atoms with Crippen LogP contribution in [0.25, 0.3) is 0 Å². The highest BCUT2D eigenvalue weighted by molar-refractivity contribution is 7.12. The van der Waals surface area contributed by atoms with E-state index in [-0.39, 0.29) is 31.2 Å². The van der Waals surface area contributed by atoms with Crippen LogP contribution in [0, 0.1) is 0 Å². The summed E-state index contributed by atoms with van der Waals surface area (Å²) in [6.07, 6.45) is 0.587. The number of carbonyl (C=O) groups is 2. The average Bonchev–Trinajstić information content (AvgIpc) is 3.49. The van der Waals surface area contributed by atoms with E-state index in [4.69, 9.17) is 14.2 Å². The van der Waals surface area contributed by atoms with Gasteiger partial charge in [0.1, 0.15) is 6.54 Å². The Balaban J connectivity index is 1.60. The first-order valence-corrected chi connectivity index (χ1v) is 10.5. The number of methoxy groups -OCH3 is 1. The van der Waals surface area contributed by atoms with Gasteiger partial charge in [-0.05, 0) is 29.1 Å². The van der Waals surface area contributed by atoms with Gasteiger partial charge in [0.25, 0.3) is 5.91 Å². The Morgan fingerprint density at radius 1 is 1.30 bits per heavy atom. The van der Waals surface area contributed by atoms with E-state index in [1.165, 1.54) is 16.8 Å². The lowest BCUT2D eigenvalue weighted by atomic mass is 10.0. The third-order valence-corrected chi connectivity index (χ3v) is 6.01. The number of hydrazone groups is 1. The van der Waals surface area contributed by atoms with E-state index in [2.05, 4.69) is 5.10 Å². The molecule has 1 atom stereocenters. The zero-order chi connectivity index (χ0) is 21.1. The van der Waals surface area contributed by atoms with Gasteiger partial charge in [-0.25, -0.2) is 5.01 Å². The Kier molecular flexibility index (Phi) is 6.01. The molecule has 1 aromatic carbocycles. The molecule has 1 aromatic heterocycles. The van der Waals surface area contributed by atoms with Gasteiger partial charge in [0.15, 0.2) is 11.5 Å². The van der Waals surface area contributed by atoms with Crippen molar-refractivity contribution in [2.75, 3.05) is 33.6 Å². The highest BCUT2D eigenvalue weighted by Crippen LogP contribution is 2.39. The predicted molar refractivity (Wildman–Crippen MR) is 112 cm³/mol. The second kappa shape index (κ2) is 8.85. The maximum Gasteiger partial charge on any atom is 0.262 e. The van der Waals surface area contributed by atoms with Gasteiger partial charge in [-0.1, -0.05) is 12.1 Å². The summed E-state index contributed by atoms with van der Waals surface area (Å²) >= 11 is 1.59. The SMILES string of the molecule is COCCN(CC(=O)N1N=C(c2cccs2)C[C@H]1c1ccc2c(c1)OCO2)C(C)=O. The number of nitrogens with zero attached hydrogens (tertiary/aromatic N) is 3. The number of hydrogen-bond acceptors (Lipinski definition) is 7. The molecule has 2 aromatic rings. The van der Waals surface area contributed by atoms with Crippen molar-refractivity contribution in [2.45, 2.75) is 19.4 Å². The summed E-state index contributed by atoms with van der Waals surface area (Å²) in [5.41, 5.74) is 1.77. The lowest BCUT2D eigenvalue weighted by Gasteiger charge is -2.26. The summed E-state index contributed by atoms with van der Waals surface area (Å²) in [6.45, 7) is 2.30. The minimum absolute atomic E-state index is 0.0546. The van der Waals surface area contributed by atoms with E-state index < -0.39 is 0 Å². The topological polar surface area (TPSA) is 80.7 Å². The molecular formula is C21H23N3O5S. The van der Waals surface area contributed by atoms with E-state index in [1.54, 1.807) is 18.4 Å². The van der Waals surface area contributed by atoms with E-state index >= 15 is 0 Å². The number of hydrogen-bond donors (Lipinski definition) is 0. The second-order valence-corrected chi connectivity index (χ2v) is 7.98. The zero-order valence-electron chi connectivity index (χ0n) is 16.9. The molecule has 0 unspecified atom stereocenters. The van der Waals surface area contributed by atoms with Crippen molar-refractivity contribution >= 4 is 28.9 Å². The molecule has 2 amide bonds. The molecule has 0 bridgehead atoms. The van der Waals surface area contributed by atoms with Crippen LogP contribution < -0.4 is 9.47 Å². The first-order valence-electron chi connectivity index (χ1n) is 9.64. The monoisotopic (exact) mass is 429 g/mol. The molecule has 0 N–H and O–H groups in total. The lowest BCUT2D eigenvalue weighted by Crippen LogP contribution is -2.41. The molecule has 0 spiro atoms. The molecule has 3 heterocycles. The van der Waals surface area contributed by atoms with Gasteiger partial charge in [-0.3, -0.25) is 9.59 Å². The van der Waals surface area contributed by atoms with Crippen molar-refractivity contribution in [2.24, 2.45) is 5.10 Å². The molecule has 9 heteroatoms. The highest BCUT2D eigenvalue weighted by Gasteiger charge is 2.35. The number of thiophene rings is 1. The third kappa shape index (κ3) is 4.17. The second-order valence-electron chi connectivity index (χ2n) is 7.03. The first kappa shape index (κ1) is 20.4. The van der Waals surface area contributed by atoms with Crippen LogP contribution in [-0.2, 0) is 14.3 Å². The van der Waals surface area contributed by atoms with Crippen molar-refractivity contribution in [1.82, 2.24) is 9.91 Å². The molecule has 0 aliphatic carbocycles. The maximum absolute atomic E-state index is 13.2. The minimum atomic E-state index is -0.277. The van der Waals surface area contributed by atoms with Crippen molar-refractivity contribution < 1.29 is 23.8 Å². The Bertz CT molecular complexity index is 960. The molecule has 2 aliphatic rings. The normalized spacial score (nSPS) is 17.2. The van der Waals surface area contributed by atoms with Gasteiger partial charge in [0.2, 0.25) is 12.7 Å². The fourth-order valence-electron chi connectivity index (χ4n) is 3.50. The maximum atomic E-state index is 13.2. The molecular weight excluding hydrogens is 406 g/mol. The summed E-state index contributed by atoms with van der Waals surface area (Å²) in [7, 11) is 1.56. The molecule has 158 valence electrons. The first-order chi connectivity index (χ1) is 14.6. The Morgan fingerprint density at radius 3 is 2.87 bits per heavy atom. The summed E-state index contributed by atoms with van der Waals surface area (Å²) in [6, 6.07) is 9.36. The third-order valence-electron chi connectivity index (χ3n) is 5.09. The molecule has 8 nitrogen and oxygen atoms in total. The van der Waals surface area contributed by atoms with Crippen molar-refractivity contribution in [3.8, 4) is 11.5 Å². The van der Waals surface area contributed by atoms with Gasteiger partial charge in [-0.15, -0.1) is 11.3 Å². The van der Waals surface area contributed by atoms with Gasteiger partial charge in [-0.2, -0.15) is 5.10 Å². The quantitative estimate of drug-likeness (QED) is 0.676. The highest BCUT2D eigenvalue weighted by atomic mass is 32.1. The zero-order valence-corrected chi connectivity index (χ0v) is 17.7. The van der Waals surface area contributed by atoms with E-state index in [1.807, 2.05) is 35.7 Å². The van der Waals surface area contributed by atoms with Gasteiger partial charge in [0, 0.05) is 27.0 Å². The standard InChI is InChI=1S/C21H23N3O5S/c1-14(25)23(7-8-27-2)12-21(26)24-17(11-16(22-24)20-4-3-9-30-20)15-5-6-18-19(10-15)29-13-28-18/h3-6,9-10,17H,7-8,11-13H2,1-2H3/t17-/m0/s1. The number of rotatable bonds is 7. The number of carbonyl (C=O) groups excluding carboxylic acids is 2. The van der Waals surface area contributed by atoms with Crippen molar-refractivity contribution in [3.63, 3.8) is 0 Å². The lowest BCUT2D eigenvalue weighted by molar-refractivity contribution is -0.141.